The molecule has 0 aliphatic carbocycles. The Morgan fingerprint density at radius 2 is 1.16 bits per heavy atom. The maximum absolute atomic E-state index is 13.3. The second-order valence-electron chi connectivity index (χ2n) is 9.22. The topological polar surface area (TPSA) is 29.5 Å². The minimum absolute atomic E-state index is 0.0706. The van der Waals surface area contributed by atoms with E-state index in [1.54, 1.807) is 4.90 Å². The van der Waals surface area contributed by atoms with E-state index in [0.29, 0.717) is 11.3 Å². The lowest BCUT2D eigenvalue weighted by Crippen LogP contribution is -2.36. The van der Waals surface area contributed by atoms with Gasteiger partial charge >= 0.3 is 0 Å². The van der Waals surface area contributed by atoms with Crippen molar-refractivity contribution in [3.05, 3.63) is 165 Å². The minimum Gasteiger partial charge on any atom is -0.473 e. The van der Waals surface area contributed by atoms with Gasteiger partial charge < -0.3 is 9.64 Å². The number of rotatable bonds is 7. The smallest absolute Gasteiger partial charge is 0.258 e. The predicted molar refractivity (Wildman–Crippen MR) is 163 cm³/mol. The molecule has 0 atom stereocenters. The minimum atomic E-state index is -0.871. The van der Waals surface area contributed by atoms with Gasteiger partial charge in [-0.2, -0.15) is 0 Å². The van der Waals surface area contributed by atoms with E-state index >= 15 is 0 Å². The largest absolute Gasteiger partial charge is 0.473 e. The van der Waals surface area contributed by atoms with Gasteiger partial charge in [0.15, 0.2) is 5.60 Å². The highest BCUT2D eigenvalue weighted by Crippen LogP contribution is 2.41. The van der Waals surface area contributed by atoms with Gasteiger partial charge in [0.05, 0.1) is 5.69 Å². The van der Waals surface area contributed by atoms with Crippen molar-refractivity contribution in [1.29, 1.82) is 0 Å². The van der Waals surface area contributed by atoms with Crippen molar-refractivity contribution < 1.29 is 9.53 Å². The molecular weight excluding hydrogens is 581 g/mol. The molecule has 0 radical (unpaired) electrons. The number of aryl methyl sites for hydroxylation is 1. The third-order valence-electron chi connectivity index (χ3n) is 6.68. The Labute approximate surface area is 237 Å². The van der Waals surface area contributed by atoms with Gasteiger partial charge in [0.1, 0.15) is 5.75 Å². The number of halogens is 1. The van der Waals surface area contributed by atoms with Gasteiger partial charge in [-0.05, 0) is 71.5 Å². The molecule has 0 bridgehead atoms. The number of amides is 1. The summed E-state index contributed by atoms with van der Waals surface area (Å²) in [5, 5.41) is 0. The van der Waals surface area contributed by atoms with E-state index in [0.717, 1.165) is 25.9 Å². The van der Waals surface area contributed by atoms with Crippen molar-refractivity contribution in [2.75, 3.05) is 11.9 Å². The summed E-state index contributed by atoms with van der Waals surface area (Å²) >= 11 is 2.28. The van der Waals surface area contributed by atoms with Crippen LogP contribution in [0, 0.1) is 10.5 Å². The molecule has 4 heteroatoms. The SMILES string of the molecule is Cc1ccc(N(C)C(=O)c2ccc(OC(c3ccccc3)(c3ccccc3)c3ccccc3)cc2)c(I)c1. The fourth-order valence-electron chi connectivity index (χ4n) is 4.72. The van der Waals surface area contributed by atoms with Crippen molar-refractivity contribution >= 4 is 34.2 Å². The highest BCUT2D eigenvalue weighted by Gasteiger charge is 2.39. The molecule has 0 saturated carbocycles. The van der Waals surface area contributed by atoms with Crippen LogP contribution in [-0.4, -0.2) is 13.0 Å². The maximum atomic E-state index is 13.3. The predicted octanol–water partition coefficient (Wildman–Crippen LogP) is 8.25. The van der Waals surface area contributed by atoms with Crippen LogP contribution in [0.2, 0.25) is 0 Å². The summed E-state index contributed by atoms with van der Waals surface area (Å²) in [7, 11) is 1.81. The number of ether oxygens (including phenoxy) is 1. The number of nitrogens with zero attached hydrogens (tertiary/aromatic N) is 1. The van der Waals surface area contributed by atoms with E-state index in [1.165, 1.54) is 5.56 Å². The van der Waals surface area contributed by atoms with Crippen molar-refractivity contribution in [3.63, 3.8) is 0 Å². The molecule has 0 aromatic heterocycles. The molecule has 188 valence electrons. The Kier molecular flexibility index (Phi) is 7.61. The van der Waals surface area contributed by atoms with Gasteiger partial charge in [0, 0.05) is 32.9 Å². The fraction of sp³-hybridized carbons (Fsp3) is 0.0882. The van der Waals surface area contributed by atoms with E-state index in [1.807, 2.05) is 105 Å². The quantitative estimate of drug-likeness (QED) is 0.137. The molecule has 5 rings (SSSR count). The van der Waals surface area contributed by atoms with E-state index in [-0.39, 0.29) is 5.91 Å². The lowest BCUT2D eigenvalue weighted by Gasteiger charge is -2.36. The molecular formula is C34H28INO2. The van der Waals surface area contributed by atoms with Gasteiger partial charge in [0.2, 0.25) is 0 Å². The molecule has 5 aromatic rings. The second kappa shape index (κ2) is 11.2. The van der Waals surface area contributed by atoms with Crippen LogP contribution in [0.1, 0.15) is 32.6 Å². The number of anilines is 1. The fourth-order valence-corrected chi connectivity index (χ4v) is 5.76. The number of carbonyl (C=O) groups excluding carboxylic acids is 1. The Bertz CT molecular complexity index is 1420. The summed E-state index contributed by atoms with van der Waals surface area (Å²) in [4.78, 5) is 15.0. The normalized spacial score (nSPS) is 11.1. The van der Waals surface area contributed by atoms with E-state index in [4.69, 9.17) is 4.74 Å². The summed E-state index contributed by atoms with van der Waals surface area (Å²) in [6, 6.07) is 44.3. The second-order valence-corrected chi connectivity index (χ2v) is 10.4. The number of hydrogen-bond acceptors (Lipinski definition) is 2. The summed E-state index contributed by atoms with van der Waals surface area (Å²) in [5.41, 5.74) is 4.84. The van der Waals surface area contributed by atoms with Gasteiger partial charge in [0.25, 0.3) is 5.91 Å². The number of benzene rings is 5. The highest BCUT2D eigenvalue weighted by atomic mass is 127. The van der Waals surface area contributed by atoms with Crippen LogP contribution in [0.5, 0.6) is 5.75 Å². The third-order valence-corrected chi connectivity index (χ3v) is 7.55. The Balaban J connectivity index is 1.53. The van der Waals surface area contributed by atoms with E-state index in [9.17, 15) is 4.79 Å². The van der Waals surface area contributed by atoms with Crippen molar-refractivity contribution in [2.24, 2.45) is 0 Å². The highest BCUT2D eigenvalue weighted by molar-refractivity contribution is 14.1. The lowest BCUT2D eigenvalue weighted by atomic mass is 9.80. The molecule has 5 aromatic carbocycles. The standard InChI is InChI=1S/C34H28INO2/c1-25-18-23-32(31(35)24-25)36(2)33(37)26-19-21-30(22-20-26)38-34(27-12-6-3-7-13-27,28-14-8-4-9-15-28)29-16-10-5-11-17-29/h3-24H,1-2H3. The molecule has 0 fully saturated rings. The van der Waals surface area contributed by atoms with Crippen LogP contribution >= 0.6 is 22.6 Å². The number of carbonyl (C=O) groups is 1. The molecule has 0 saturated heterocycles. The Hall–Kier alpha value is -3.90. The molecule has 3 nitrogen and oxygen atoms in total. The molecule has 0 unspecified atom stereocenters. The van der Waals surface area contributed by atoms with Gasteiger partial charge in [-0.15, -0.1) is 0 Å². The van der Waals surface area contributed by atoms with E-state index < -0.39 is 5.60 Å². The monoisotopic (exact) mass is 609 g/mol. The zero-order valence-electron chi connectivity index (χ0n) is 21.3. The lowest BCUT2D eigenvalue weighted by molar-refractivity contribution is 0.0992. The van der Waals surface area contributed by atoms with Crippen LogP contribution in [0.3, 0.4) is 0 Å². The first-order valence-corrected chi connectivity index (χ1v) is 13.6. The molecule has 0 heterocycles. The Morgan fingerprint density at radius 3 is 1.61 bits per heavy atom. The zero-order valence-corrected chi connectivity index (χ0v) is 23.5. The molecule has 0 N–H and O–H groups in total. The first-order chi connectivity index (χ1) is 18.5. The van der Waals surface area contributed by atoms with Crippen LogP contribution in [0.25, 0.3) is 0 Å². The van der Waals surface area contributed by atoms with Gasteiger partial charge in [-0.1, -0.05) is 97.1 Å². The van der Waals surface area contributed by atoms with Crippen LogP contribution in [0.4, 0.5) is 5.69 Å². The first-order valence-electron chi connectivity index (χ1n) is 12.5. The zero-order chi connectivity index (χ0) is 26.5. The number of hydrogen-bond donors (Lipinski definition) is 0. The molecule has 1 amide bonds. The van der Waals surface area contributed by atoms with Crippen LogP contribution < -0.4 is 9.64 Å². The molecule has 0 aliphatic heterocycles. The molecule has 0 aliphatic rings. The van der Waals surface area contributed by atoms with Crippen LogP contribution in [-0.2, 0) is 5.60 Å². The Morgan fingerprint density at radius 1 is 0.684 bits per heavy atom. The third kappa shape index (κ3) is 5.09. The maximum Gasteiger partial charge on any atom is 0.258 e. The van der Waals surface area contributed by atoms with Crippen molar-refractivity contribution in [2.45, 2.75) is 12.5 Å². The summed E-state index contributed by atoms with van der Waals surface area (Å²) in [6.45, 7) is 2.05. The average Bonchev–Trinajstić information content (AvgIpc) is 2.97. The molecule has 38 heavy (non-hydrogen) atoms. The average molecular weight is 610 g/mol. The first kappa shape index (κ1) is 25.7. The van der Waals surface area contributed by atoms with Crippen LogP contribution in [0.15, 0.2) is 133 Å². The summed E-state index contributed by atoms with van der Waals surface area (Å²) < 4.78 is 7.99. The summed E-state index contributed by atoms with van der Waals surface area (Å²) in [5.74, 6) is 0.601. The summed E-state index contributed by atoms with van der Waals surface area (Å²) in [6.07, 6.45) is 0. The van der Waals surface area contributed by atoms with Crippen molar-refractivity contribution in [1.82, 2.24) is 0 Å². The van der Waals surface area contributed by atoms with Gasteiger partial charge in [-0.3, -0.25) is 4.79 Å². The molecule has 0 spiro atoms. The van der Waals surface area contributed by atoms with Crippen molar-refractivity contribution in [3.8, 4) is 5.75 Å². The van der Waals surface area contributed by atoms with Gasteiger partial charge in [-0.25, -0.2) is 0 Å². The van der Waals surface area contributed by atoms with E-state index in [2.05, 4.69) is 65.1 Å².